The summed E-state index contributed by atoms with van der Waals surface area (Å²) in [7, 11) is 0. The number of rotatable bonds is 0. The fourth-order valence-corrected chi connectivity index (χ4v) is 1.67. The highest BCUT2D eigenvalue weighted by Crippen LogP contribution is 2.15. The van der Waals surface area contributed by atoms with Crippen LogP contribution in [0.5, 0.6) is 0 Å². The summed E-state index contributed by atoms with van der Waals surface area (Å²) < 4.78 is 5.30. The molecule has 70 valence electrons. The Balaban J connectivity index is 0.000000128. The number of hydrogen-bond donors (Lipinski definition) is 1. The minimum absolute atomic E-state index is 1.24. The van der Waals surface area contributed by atoms with E-state index in [1.54, 1.807) is 12.4 Å². The van der Waals surface area contributed by atoms with Gasteiger partial charge in [0.15, 0.2) is 0 Å². The highest BCUT2D eigenvalue weighted by molar-refractivity contribution is 7.13. The van der Waals surface area contributed by atoms with E-state index in [1.165, 1.54) is 21.6 Å². The van der Waals surface area contributed by atoms with Gasteiger partial charge >= 0.3 is 0 Å². The van der Waals surface area contributed by atoms with Crippen molar-refractivity contribution in [3.8, 4) is 0 Å². The summed E-state index contributed by atoms with van der Waals surface area (Å²) >= 11 is 1.54. The van der Waals surface area contributed by atoms with E-state index in [2.05, 4.69) is 26.7 Å². The standard InChI is InChI=1S/C7H5NS.C3H4N2/c1-2-4-7-6(3-1)5-8-9-7;1-2-4-5-3-1/h1-5H;1-3H,(H,4,5). The topological polar surface area (TPSA) is 41.6 Å². The van der Waals surface area contributed by atoms with Gasteiger partial charge in [-0.2, -0.15) is 9.47 Å². The zero-order chi connectivity index (χ0) is 9.64. The van der Waals surface area contributed by atoms with Gasteiger partial charge in [-0.25, -0.2) is 0 Å². The van der Waals surface area contributed by atoms with Gasteiger partial charge in [0.25, 0.3) is 0 Å². The molecular formula is C10H9N3S. The number of aromatic nitrogens is 3. The maximum atomic E-state index is 4.04. The molecule has 1 aromatic carbocycles. The summed E-state index contributed by atoms with van der Waals surface area (Å²) in [5.74, 6) is 0. The van der Waals surface area contributed by atoms with Crippen LogP contribution in [0.15, 0.2) is 48.9 Å². The minimum atomic E-state index is 1.24. The van der Waals surface area contributed by atoms with E-state index in [0.717, 1.165) is 0 Å². The molecule has 1 N–H and O–H groups in total. The van der Waals surface area contributed by atoms with Crippen LogP contribution in [0, 0.1) is 0 Å². The second kappa shape index (κ2) is 4.53. The third-order valence-electron chi connectivity index (χ3n) is 1.67. The van der Waals surface area contributed by atoms with Crippen molar-refractivity contribution in [3.63, 3.8) is 0 Å². The molecule has 0 radical (unpaired) electrons. The number of H-pyrrole nitrogens is 1. The summed E-state index contributed by atoms with van der Waals surface area (Å²) in [5, 5.41) is 7.45. The number of aromatic amines is 1. The molecule has 2 heterocycles. The Hall–Kier alpha value is -1.68. The number of fused-ring (bicyclic) bond motifs is 1. The summed E-state index contributed by atoms with van der Waals surface area (Å²) in [6.07, 6.45) is 5.35. The van der Waals surface area contributed by atoms with Crippen LogP contribution in [-0.4, -0.2) is 14.6 Å². The van der Waals surface area contributed by atoms with Crippen molar-refractivity contribution in [2.24, 2.45) is 0 Å². The summed E-state index contributed by atoms with van der Waals surface area (Å²) in [4.78, 5) is 0. The lowest BCUT2D eigenvalue weighted by Gasteiger charge is -1.80. The van der Waals surface area contributed by atoms with E-state index in [-0.39, 0.29) is 0 Å². The van der Waals surface area contributed by atoms with Gasteiger partial charge in [-0.1, -0.05) is 18.2 Å². The second-order valence-electron chi connectivity index (χ2n) is 2.63. The fourth-order valence-electron chi connectivity index (χ4n) is 1.03. The van der Waals surface area contributed by atoms with Gasteiger partial charge < -0.3 is 0 Å². The van der Waals surface area contributed by atoms with Crippen LogP contribution in [0.25, 0.3) is 10.1 Å². The second-order valence-corrected chi connectivity index (χ2v) is 3.46. The van der Waals surface area contributed by atoms with Gasteiger partial charge in [-0.3, -0.25) is 5.10 Å². The first-order valence-corrected chi connectivity index (χ1v) is 4.97. The molecule has 0 saturated heterocycles. The summed E-state index contributed by atoms with van der Waals surface area (Å²) in [5.41, 5.74) is 0. The van der Waals surface area contributed by atoms with Crippen LogP contribution < -0.4 is 0 Å². The Morgan fingerprint density at radius 1 is 1.14 bits per heavy atom. The average Bonchev–Trinajstić information content (AvgIpc) is 2.92. The first kappa shape index (κ1) is 8.90. The lowest BCUT2D eigenvalue weighted by Crippen LogP contribution is -1.56. The third kappa shape index (κ3) is 2.17. The Kier molecular flexibility index (Phi) is 2.88. The SMILES string of the molecule is c1ccc2sncc2c1.c1cn[nH]c1. The van der Waals surface area contributed by atoms with E-state index < -0.39 is 0 Å². The third-order valence-corrected chi connectivity index (χ3v) is 2.45. The molecule has 0 saturated carbocycles. The van der Waals surface area contributed by atoms with Crippen molar-refractivity contribution < 1.29 is 0 Å². The Morgan fingerprint density at radius 2 is 2.07 bits per heavy atom. The molecule has 14 heavy (non-hydrogen) atoms. The molecule has 3 rings (SSSR count). The van der Waals surface area contributed by atoms with Crippen LogP contribution in [0.1, 0.15) is 0 Å². The largest absolute Gasteiger partial charge is 0.286 e. The van der Waals surface area contributed by atoms with Crippen molar-refractivity contribution in [2.45, 2.75) is 0 Å². The Bertz CT molecular complexity index is 425. The first-order chi connectivity index (χ1) is 6.97. The molecule has 2 aromatic heterocycles. The van der Waals surface area contributed by atoms with E-state index in [1.807, 2.05) is 24.4 Å². The van der Waals surface area contributed by atoms with Crippen LogP contribution >= 0.6 is 11.5 Å². The molecule has 0 bridgehead atoms. The minimum Gasteiger partial charge on any atom is -0.286 e. The van der Waals surface area contributed by atoms with Gasteiger partial charge in [0.2, 0.25) is 0 Å². The first-order valence-electron chi connectivity index (χ1n) is 4.20. The molecule has 0 atom stereocenters. The van der Waals surface area contributed by atoms with Gasteiger partial charge in [0.1, 0.15) is 0 Å². The van der Waals surface area contributed by atoms with Crippen LogP contribution in [0.2, 0.25) is 0 Å². The average molecular weight is 203 g/mol. The monoisotopic (exact) mass is 203 g/mol. The van der Waals surface area contributed by atoms with E-state index >= 15 is 0 Å². The Morgan fingerprint density at radius 3 is 2.71 bits per heavy atom. The normalized spacial score (nSPS) is 9.43. The predicted molar refractivity (Wildman–Crippen MR) is 58.2 cm³/mol. The van der Waals surface area contributed by atoms with Crippen molar-refractivity contribution in [2.75, 3.05) is 0 Å². The number of hydrogen-bond acceptors (Lipinski definition) is 3. The molecule has 3 nitrogen and oxygen atoms in total. The number of benzene rings is 1. The quantitative estimate of drug-likeness (QED) is 0.610. The van der Waals surface area contributed by atoms with Gasteiger partial charge in [0, 0.05) is 24.0 Å². The molecule has 4 heteroatoms. The molecule has 0 aliphatic carbocycles. The van der Waals surface area contributed by atoms with Gasteiger partial charge in [-0.15, -0.1) is 0 Å². The molecule has 0 fully saturated rings. The van der Waals surface area contributed by atoms with Crippen molar-refractivity contribution in [1.29, 1.82) is 0 Å². The maximum absolute atomic E-state index is 4.04. The van der Waals surface area contributed by atoms with Crippen LogP contribution in [0.4, 0.5) is 0 Å². The molecule has 0 amide bonds. The predicted octanol–water partition coefficient (Wildman–Crippen LogP) is 2.71. The molecule has 0 spiro atoms. The highest BCUT2D eigenvalue weighted by atomic mass is 32.1. The van der Waals surface area contributed by atoms with E-state index in [0.29, 0.717) is 0 Å². The highest BCUT2D eigenvalue weighted by Gasteiger charge is 1.89. The molecule has 3 aromatic rings. The lowest BCUT2D eigenvalue weighted by molar-refractivity contribution is 1.09. The maximum Gasteiger partial charge on any atom is 0.0549 e. The zero-order valence-corrected chi connectivity index (χ0v) is 8.24. The van der Waals surface area contributed by atoms with Gasteiger partial charge in [0.05, 0.1) is 4.70 Å². The molecular weight excluding hydrogens is 194 g/mol. The smallest absolute Gasteiger partial charge is 0.0549 e. The van der Waals surface area contributed by atoms with Crippen molar-refractivity contribution >= 4 is 21.6 Å². The number of nitrogens with zero attached hydrogens (tertiary/aromatic N) is 2. The zero-order valence-electron chi connectivity index (χ0n) is 7.42. The Labute approximate surface area is 85.6 Å². The number of nitrogens with one attached hydrogen (secondary N) is 1. The summed E-state index contributed by atoms with van der Waals surface area (Å²) in [6, 6.07) is 10.0. The summed E-state index contributed by atoms with van der Waals surface area (Å²) in [6.45, 7) is 0. The molecule has 0 unspecified atom stereocenters. The van der Waals surface area contributed by atoms with Gasteiger partial charge in [-0.05, 0) is 23.7 Å². The van der Waals surface area contributed by atoms with Crippen LogP contribution in [-0.2, 0) is 0 Å². The molecule has 0 aliphatic rings. The van der Waals surface area contributed by atoms with E-state index in [4.69, 9.17) is 0 Å². The fraction of sp³-hybridized carbons (Fsp3) is 0. The van der Waals surface area contributed by atoms with E-state index in [9.17, 15) is 0 Å². The van der Waals surface area contributed by atoms with Crippen LogP contribution in [0.3, 0.4) is 0 Å². The lowest BCUT2D eigenvalue weighted by atomic mass is 10.3. The van der Waals surface area contributed by atoms with Crippen molar-refractivity contribution in [3.05, 3.63) is 48.9 Å². The van der Waals surface area contributed by atoms with Crippen molar-refractivity contribution in [1.82, 2.24) is 14.6 Å². The molecule has 0 aliphatic heterocycles.